The summed E-state index contributed by atoms with van der Waals surface area (Å²) in [7, 11) is -1.46. The predicted molar refractivity (Wildman–Crippen MR) is 117 cm³/mol. The van der Waals surface area contributed by atoms with Crippen LogP contribution in [0.15, 0.2) is 30.6 Å². The lowest BCUT2D eigenvalue weighted by atomic mass is 9.78. The van der Waals surface area contributed by atoms with Crippen LogP contribution >= 0.6 is 11.3 Å². The zero-order valence-electron chi connectivity index (χ0n) is 17.7. The molecule has 0 saturated carbocycles. The summed E-state index contributed by atoms with van der Waals surface area (Å²) in [5, 5.41) is 13.3. The largest absolute Gasteiger partial charge is 0.445 e. The molecule has 2 aromatic heterocycles. The van der Waals surface area contributed by atoms with Crippen molar-refractivity contribution < 1.29 is 19.1 Å². The molecule has 1 amide bonds. The summed E-state index contributed by atoms with van der Waals surface area (Å²) in [6.45, 7) is 14.3. The lowest BCUT2D eigenvalue weighted by molar-refractivity contribution is -0.0299. The molecule has 160 valence electrons. The average molecular weight is 438 g/mol. The second-order valence-corrected chi connectivity index (χ2v) is 12.1. The number of aliphatic hydroxyl groups is 1. The average Bonchev–Trinajstić information content (AvgIpc) is 3.31. The first-order valence-corrected chi connectivity index (χ1v) is 13.6. The molecule has 1 fully saturated rings. The normalized spacial score (nSPS) is 23.7. The maximum atomic E-state index is 13.0. The molecule has 0 radical (unpaired) electrons. The maximum absolute atomic E-state index is 13.0. The summed E-state index contributed by atoms with van der Waals surface area (Å²) in [5.74, 6) is 0.0646. The van der Waals surface area contributed by atoms with E-state index < -0.39 is 33.5 Å². The van der Waals surface area contributed by atoms with Crippen LogP contribution in [0.2, 0.25) is 13.1 Å². The number of likely N-dealkylation sites (tertiary alicyclic amines) is 1. The van der Waals surface area contributed by atoms with Gasteiger partial charge in [0.05, 0.1) is 6.04 Å². The number of rotatable bonds is 6. The number of imidazole rings is 1. The lowest BCUT2D eigenvalue weighted by Gasteiger charge is -2.36. The zero-order valence-corrected chi connectivity index (χ0v) is 19.7. The Labute approximate surface area is 177 Å². The number of carbonyl (C=O) groups is 1. The fourth-order valence-corrected chi connectivity index (χ4v) is 5.68. The molecule has 0 bridgehead atoms. The van der Waals surface area contributed by atoms with Crippen LogP contribution in [0.4, 0.5) is 4.79 Å². The van der Waals surface area contributed by atoms with Gasteiger partial charge in [0.15, 0.2) is 9.04 Å². The first-order valence-electron chi connectivity index (χ1n) is 9.94. The van der Waals surface area contributed by atoms with Crippen LogP contribution in [0.1, 0.15) is 39.0 Å². The molecule has 1 N–H and O–H groups in total. The number of aliphatic hydroxyl groups excluding tert-OH is 1. The molecule has 3 heterocycles. The van der Waals surface area contributed by atoms with E-state index >= 15 is 0 Å². The minimum Gasteiger partial charge on any atom is -0.445 e. The molecular weight excluding hydrogens is 406 g/mol. The van der Waals surface area contributed by atoms with Gasteiger partial charge in [0, 0.05) is 17.5 Å². The van der Waals surface area contributed by atoms with Gasteiger partial charge in [-0.1, -0.05) is 33.4 Å². The Morgan fingerprint density at radius 2 is 2.24 bits per heavy atom. The van der Waals surface area contributed by atoms with Crippen molar-refractivity contribution in [2.24, 2.45) is 11.3 Å². The molecule has 7 nitrogen and oxygen atoms in total. The van der Waals surface area contributed by atoms with Crippen LogP contribution in [-0.4, -0.2) is 53.4 Å². The van der Waals surface area contributed by atoms with E-state index in [1.54, 1.807) is 11.2 Å². The van der Waals surface area contributed by atoms with Gasteiger partial charge in [0.25, 0.3) is 0 Å². The Bertz CT molecular complexity index is 859. The molecule has 0 aromatic carbocycles. The van der Waals surface area contributed by atoms with Gasteiger partial charge in [-0.05, 0) is 24.9 Å². The van der Waals surface area contributed by atoms with E-state index in [1.165, 1.54) is 17.4 Å². The van der Waals surface area contributed by atoms with E-state index in [1.807, 2.05) is 16.0 Å². The van der Waals surface area contributed by atoms with Gasteiger partial charge >= 0.3 is 6.09 Å². The topological polar surface area (TPSA) is 76.3 Å². The number of nitrogens with zero attached hydrogens (tertiary/aromatic N) is 3. The summed E-state index contributed by atoms with van der Waals surface area (Å²) in [6.07, 6.45) is 3.91. The summed E-state index contributed by atoms with van der Waals surface area (Å²) in [4.78, 5) is 19.9. The van der Waals surface area contributed by atoms with Crippen LogP contribution in [0.25, 0.3) is 4.83 Å². The monoisotopic (exact) mass is 437 g/mol. The number of ether oxygens (including phenoxy) is 1. The molecule has 29 heavy (non-hydrogen) atoms. The summed E-state index contributed by atoms with van der Waals surface area (Å²) in [6, 6.07) is -0.477. The van der Waals surface area contributed by atoms with Crippen LogP contribution in [-0.2, 0) is 9.16 Å². The maximum Gasteiger partial charge on any atom is 0.412 e. The van der Waals surface area contributed by atoms with E-state index in [2.05, 4.69) is 45.4 Å². The molecule has 0 spiro atoms. The molecule has 1 saturated heterocycles. The van der Waals surface area contributed by atoms with Crippen molar-refractivity contribution in [3.05, 3.63) is 36.3 Å². The van der Waals surface area contributed by atoms with Gasteiger partial charge in [-0.3, -0.25) is 9.30 Å². The third kappa shape index (κ3) is 4.42. The SMILES string of the molecule is C=CCOC(=O)N1C(O[SiH](C)C)[C@@H](C(C)(C)C)C[C@H]1C(O)c1ncn2ccsc12. The Kier molecular flexibility index (Phi) is 6.52. The Hall–Kier alpha value is -1.68. The number of amides is 1. The standard InChI is InChI=1S/C20H31N3O4SSi/c1-7-9-26-19(25)23-14(11-13(20(2,3)4)17(23)27-29(5)6)16(24)15-18-22(12-21-15)8-10-28-18/h7-8,10,12-14,16-17,24,29H,1,9,11H2,2-6H3/t13-,14-,16?,17?/m0/s1. The third-order valence-corrected chi connectivity index (χ3v) is 7.08. The predicted octanol–water partition coefficient (Wildman–Crippen LogP) is 3.81. The van der Waals surface area contributed by atoms with Gasteiger partial charge in [-0.25, -0.2) is 9.78 Å². The van der Waals surface area contributed by atoms with Crippen molar-refractivity contribution in [1.82, 2.24) is 14.3 Å². The van der Waals surface area contributed by atoms with Crippen molar-refractivity contribution in [1.29, 1.82) is 0 Å². The van der Waals surface area contributed by atoms with Gasteiger partial charge in [-0.15, -0.1) is 11.3 Å². The number of hydrogen-bond donors (Lipinski definition) is 1. The van der Waals surface area contributed by atoms with Gasteiger partial charge in [0.1, 0.15) is 35.8 Å². The lowest BCUT2D eigenvalue weighted by Crippen LogP contribution is -2.48. The minimum atomic E-state index is -1.46. The van der Waals surface area contributed by atoms with E-state index in [9.17, 15) is 9.90 Å². The highest BCUT2D eigenvalue weighted by molar-refractivity contribution is 7.15. The molecule has 2 aromatic rings. The second kappa shape index (κ2) is 8.59. The Morgan fingerprint density at radius 3 is 2.86 bits per heavy atom. The van der Waals surface area contributed by atoms with Crippen LogP contribution in [0, 0.1) is 11.3 Å². The molecule has 1 aliphatic rings. The number of aromatic nitrogens is 2. The number of carbonyl (C=O) groups excluding carboxylic acids is 1. The fraction of sp³-hybridized carbons (Fsp3) is 0.600. The van der Waals surface area contributed by atoms with Crippen molar-refractivity contribution >= 4 is 31.3 Å². The van der Waals surface area contributed by atoms with Crippen molar-refractivity contribution in [3.8, 4) is 0 Å². The molecule has 9 heteroatoms. The smallest absolute Gasteiger partial charge is 0.412 e. The van der Waals surface area contributed by atoms with E-state index in [4.69, 9.17) is 9.16 Å². The van der Waals surface area contributed by atoms with Gasteiger partial charge in [-0.2, -0.15) is 0 Å². The first kappa shape index (κ1) is 22.0. The Morgan fingerprint density at radius 1 is 1.52 bits per heavy atom. The molecule has 3 rings (SSSR count). The number of fused-ring (bicyclic) bond motifs is 1. The Balaban J connectivity index is 2.00. The minimum absolute atomic E-state index is 0.0646. The summed E-state index contributed by atoms with van der Waals surface area (Å²) >= 11 is 1.52. The van der Waals surface area contributed by atoms with Crippen molar-refractivity contribution in [2.45, 2.75) is 58.7 Å². The molecular formula is C20H31N3O4SSi. The number of hydrogen-bond acceptors (Lipinski definition) is 6. The molecule has 1 aliphatic heterocycles. The summed E-state index contributed by atoms with van der Waals surface area (Å²) in [5.41, 5.74) is 0.480. The second-order valence-electron chi connectivity index (χ2n) is 8.81. The molecule has 4 atom stereocenters. The zero-order chi connectivity index (χ0) is 21.3. The van der Waals surface area contributed by atoms with E-state index in [0.29, 0.717) is 12.1 Å². The van der Waals surface area contributed by atoms with Crippen molar-refractivity contribution in [2.75, 3.05) is 6.61 Å². The first-order chi connectivity index (χ1) is 13.6. The molecule has 0 aliphatic carbocycles. The van der Waals surface area contributed by atoms with E-state index in [-0.39, 0.29) is 17.9 Å². The fourth-order valence-electron chi connectivity index (χ4n) is 3.96. The van der Waals surface area contributed by atoms with E-state index in [0.717, 1.165) is 4.83 Å². The van der Waals surface area contributed by atoms with Crippen LogP contribution < -0.4 is 0 Å². The van der Waals surface area contributed by atoms with Gasteiger partial charge in [0.2, 0.25) is 0 Å². The number of thiazole rings is 1. The highest BCUT2D eigenvalue weighted by Crippen LogP contribution is 2.46. The third-order valence-electron chi connectivity index (χ3n) is 5.35. The summed E-state index contributed by atoms with van der Waals surface area (Å²) < 4.78 is 13.6. The molecule has 2 unspecified atom stereocenters. The highest BCUT2D eigenvalue weighted by Gasteiger charge is 2.52. The highest BCUT2D eigenvalue weighted by atomic mass is 32.1. The van der Waals surface area contributed by atoms with Crippen LogP contribution in [0.5, 0.6) is 0 Å². The van der Waals surface area contributed by atoms with Crippen molar-refractivity contribution in [3.63, 3.8) is 0 Å². The van der Waals surface area contributed by atoms with Gasteiger partial charge < -0.3 is 14.3 Å². The van der Waals surface area contributed by atoms with Crippen LogP contribution in [0.3, 0.4) is 0 Å². The quantitative estimate of drug-likeness (QED) is 0.549.